The quantitative estimate of drug-likeness (QED) is 0.510. The zero-order valence-corrected chi connectivity index (χ0v) is 16.4. The number of para-hydroxylation sites is 1. The molecule has 0 aliphatic carbocycles. The molecule has 0 saturated carbocycles. The molecule has 1 atom stereocenters. The molecule has 0 spiro atoms. The van der Waals surface area contributed by atoms with E-state index >= 15 is 0 Å². The summed E-state index contributed by atoms with van der Waals surface area (Å²) < 4.78 is 19.0. The number of anilines is 1. The number of ketones is 1. The Balaban J connectivity index is 1.56. The van der Waals surface area contributed by atoms with Crippen molar-refractivity contribution in [3.05, 3.63) is 51.5 Å². The highest BCUT2D eigenvalue weighted by Crippen LogP contribution is 2.39. The topological polar surface area (TPSA) is 55.4 Å². The molecule has 2 aromatic rings. The molecule has 4 nitrogen and oxygen atoms in total. The number of nitrogens with one attached hydrogen (secondary N) is 1. The number of halogens is 1. The van der Waals surface area contributed by atoms with Crippen LogP contribution in [0.3, 0.4) is 0 Å². The summed E-state index contributed by atoms with van der Waals surface area (Å²) in [5.74, 6) is -0.123. The summed E-state index contributed by atoms with van der Waals surface area (Å²) in [4.78, 5) is 24.7. The number of Topliss-reactive ketones (excluding diaryl/α,β-unsaturated/α-hetero) is 1. The molecule has 27 heavy (non-hydrogen) atoms. The summed E-state index contributed by atoms with van der Waals surface area (Å²) in [7, 11) is 0. The van der Waals surface area contributed by atoms with Gasteiger partial charge in [-0.05, 0) is 41.0 Å². The van der Waals surface area contributed by atoms with E-state index in [1.807, 2.05) is 17.5 Å². The highest BCUT2D eigenvalue weighted by atomic mass is 32.1. The van der Waals surface area contributed by atoms with Crippen molar-refractivity contribution in [3.63, 3.8) is 0 Å². The number of thiophene rings is 1. The van der Waals surface area contributed by atoms with Crippen LogP contribution in [0.1, 0.15) is 59.8 Å². The molecule has 1 aromatic carbocycles. The van der Waals surface area contributed by atoms with Crippen molar-refractivity contribution in [3.8, 4) is 0 Å². The van der Waals surface area contributed by atoms with Crippen LogP contribution in [0.2, 0.25) is 0 Å². The van der Waals surface area contributed by atoms with Crippen molar-refractivity contribution >= 4 is 28.8 Å². The summed E-state index contributed by atoms with van der Waals surface area (Å²) >= 11 is 1.37. The minimum atomic E-state index is -0.329. The molecule has 6 heteroatoms. The molecule has 1 unspecified atom stereocenters. The van der Waals surface area contributed by atoms with Crippen molar-refractivity contribution in [1.29, 1.82) is 0 Å². The number of ether oxygens (including phenoxy) is 1. The predicted octanol–water partition coefficient (Wildman–Crippen LogP) is 5.00. The van der Waals surface area contributed by atoms with E-state index in [1.165, 1.54) is 17.4 Å². The van der Waals surface area contributed by atoms with Gasteiger partial charge in [0.2, 0.25) is 0 Å². The van der Waals surface area contributed by atoms with Crippen molar-refractivity contribution < 1.29 is 18.7 Å². The number of rotatable bonds is 8. The second kappa shape index (κ2) is 8.65. The van der Waals surface area contributed by atoms with Crippen LogP contribution in [-0.4, -0.2) is 24.9 Å². The van der Waals surface area contributed by atoms with E-state index in [0.29, 0.717) is 29.6 Å². The fourth-order valence-corrected chi connectivity index (χ4v) is 4.06. The van der Waals surface area contributed by atoms with Gasteiger partial charge in [-0.2, -0.15) is 0 Å². The number of fused-ring (bicyclic) bond motifs is 1. The van der Waals surface area contributed by atoms with Crippen LogP contribution in [0.25, 0.3) is 0 Å². The van der Waals surface area contributed by atoms with E-state index in [9.17, 15) is 14.0 Å². The fourth-order valence-electron chi connectivity index (χ4n) is 3.13. The lowest BCUT2D eigenvalue weighted by Crippen LogP contribution is -2.09. The Labute approximate surface area is 162 Å². The molecule has 3 rings (SSSR count). The summed E-state index contributed by atoms with van der Waals surface area (Å²) in [5, 5.41) is 5.05. The van der Waals surface area contributed by atoms with E-state index in [1.54, 1.807) is 6.07 Å². The maximum atomic E-state index is 13.9. The first-order valence-corrected chi connectivity index (χ1v) is 10.1. The molecule has 0 amide bonds. The maximum Gasteiger partial charge on any atom is 0.306 e. The van der Waals surface area contributed by atoms with Crippen LogP contribution in [-0.2, 0) is 9.53 Å². The van der Waals surface area contributed by atoms with Crippen LogP contribution < -0.4 is 5.32 Å². The first kappa shape index (κ1) is 19.5. The zero-order valence-electron chi connectivity index (χ0n) is 15.6. The smallest absolute Gasteiger partial charge is 0.306 e. The van der Waals surface area contributed by atoms with E-state index in [-0.39, 0.29) is 36.3 Å². The molecule has 2 heterocycles. The van der Waals surface area contributed by atoms with Crippen molar-refractivity contribution in [2.45, 2.75) is 39.0 Å². The molecule has 0 saturated heterocycles. The third kappa shape index (κ3) is 4.75. The lowest BCUT2D eigenvalue weighted by Gasteiger charge is -2.07. The Bertz CT molecular complexity index is 831. The highest BCUT2D eigenvalue weighted by molar-refractivity contribution is 7.12. The van der Waals surface area contributed by atoms with Gasteiger partial charge in [0.1, 0.15) is 5.82 Å². The molecular formula is C21H24FNO3S. The molecular weight excluding hydrogens is 365 g/mol. The monoisotopic (exact) mass is 389 g/mol. The Morgan fingerprint density at radius 3 is 2.93 bits per heavy atom. The molecule has 144 valence electrons. The average molecular weight is 389 g/mol. The van der Waals surface area contributed by atoms with Gasteiger partial charge >= 0.3 is 5.97 Å². The van der Waals surface area contributed by atoms with Crippen molar-refractivity contribution in [2.24, 2.45) is 5.92 Å². The fraction of sp³-hybridized carbons (Fsp3) is 0.429. The molecule has 0 radical (unpaired) electrons. The minimum absolute atomic E-state index is 0.0366. The first-order chi connectivity index (χ1) is 13.0. The van der Waals surface area contributed by atoms with Crippen LogP contribution in [0.4, 0.5) is 10.1 Å². The Morgan fingerprint density at radius 2 is 2.15 bits per heavy atom. The normalized spacial score (nSPS) is 15.5. The molecule has 1 aromatic heterocycles. The van der Waals surface area contributed by atoms with Crippen LogP contribution in [0.15, 0.2) is 29.6 Å². The van der Waals surface area contributed by atoms with Crippen LogP contribution >= 0.6 is 11.3 Å². The standard InChI is InChI=1S/C21H24FNO3S/c1-13(2)8-9-26-20(25)7-6-18(24)19-10-14(12-27-19)16-11-23-21-15(16)4-3-5-17(21)22/h3-5,10,12-13,16,23H,6-9,11H2,1-2H3. The molecule has 1 aliphatic heterocycles. The van der Waals surface area contributed by atoms with Gasteiger partial charge < -0.3 is 10.1 Å². The lowest BCUT2D eigenvalue weighted by molar-refractivity contribution is -0.143. The molecule has 0 bridgehead atoms. The van der Waals surface area contributed by atoms with Crippen LogP contribution in [0, 0.1) is 11.7 Å². The number of hydrogen-bond donors (Lipinski definition) is 1. The van der Waals surface area contributed by atoms with Gasteiger partial charge in [0, 0.05) is 18.9 Å². The summed E-state index contributed by atoms with van der Waals surface area (Å²) in [6, 6.07) is 6.92. The van der Waals surface area contributed by atoms with Crippen molar-refractivity contribution in [1.82, 2.24) is 0 Å². The number of carbonyl (C=O) groups excluding carboxylic acids is 2. The predicted molar refractivity (Wildman–Crippen MR) is 105 cm³/mol. The van der Waals surface area contributed by atoms with E-state index in [2.05, 4.69) is 19.2 Å². The second-order valence-electron chi connectivity index (χ2n) is 7.21. The van der Waals surface area contributed by atoms with E-state index in [4.69, 9.17) is 4.74 Å². The molecule has 1 aliphatic rings. The summed E-state index contributed by atoms with van der Waals surface area (Å²) in [5.41, 5.74) is 2.46. The Morgan fingerprint density at radius 1 is 1.33 bits per heavy atom. The lowest BCUT2D eigenvalue weighted by atomic mass is 9.95. The van der Waals surface area contributed by atoms with Gasteiger partial charge in [-0.3, -0.25) is 9.59 Å². The third-order valence-corrected chi connectivity index (χ3v) is 5.71. The van der Waals surface area contributed by atoms with Gasteiger partial charge in [0.15, 0.2) is 5.78 Å². The van der Waals surface area contributed by atoms with Gasteiger partial charge in [0.05, 0.1) is 23.6 Å². The average Bonchev–Trinajstić information content (AvgIpc) is 3.26. The van der Waals surface area contributed by atoms with Gasteiger partial charge in [0.25, 0.3) is 0 Å². The summed E-state index contributed by atoms with van der Waals surface area (Å²) in [6.07, 6.45) is 1.07. The van der Waals surface area contributed by atoms with Gasteiger partial charge in [-0.25, -0.2) is 4.39 Å². The van der Waals surface area contributed by atoms with Gasteiger partial charge in [-0.15, -0.1) is 11.3 Å². The second-order valence-corrected chi connectivity index (χ2v) is 8.12. The molecule has 1 N–H and O–H groups in total. The van der Waals surface area contributed by atoms with Crippen molar-refractivity contribution in [2.75, 3.05) is 18.5 Å². The highest BCUT2D eigenvalue weighted by Gasteiger charge is 2.27. The number of benzene rings is 1. The first-order valence-electron chi connectivity index (χ1n) is 9.25. The third-order valence-electron chi connectivity index (χ3n) is 4.72. The Kier molecular flexibility index (Phi) is 6.26. The Hall–Kier alpha value is -2.21. The van der Waals surface area contributed by atoms with Crippen LogP contribution in [0.5, 0.6) is 0 Å². The largest absolute Gasteiger partial charge is 0.466 e. The zero-order chi connectivity index (χ0) is 19.4. The molecule has 0 fully saturated rings. The number of esters is 1. The summed E-state index contributed by atoms with van der Waals surface area (Å²) in [6.45, 7) is 5.15. The SMILES string of the molecule is CC(C)CCOC(=O)CCC(=O)c1cc(C2CNc3c(F)cccc32)cs1. The van der Waals surface area contributed by atoms with E-state index in [0.717, 1.165) is 17.5 Å². The minimum Gasteiger partial charge on any atom is -0.466 e. The number of hydrogen-bond acceptors (Lipinski definition) is 5. The number of carbonyl (C=O) groups is 2. The van der Waals surface area contributed by atoms with E-state index < -0.39 is 0 Å². The maximum absolute atomic E-state index is 13.9. The van der Waals surface area contributed by atoms with Gasteiger partial charge in [-0.1, -0.05) is 26.0 Å².